The first kappa shape index (κ1) is 17.9. The molecule has 2 aromatic rings. The fraction of sp³-hybridized carbons (Fsp3) is 0.391. The van der Waals surface area contributed by atoms with Crippen LogP contribution in [-0.2, 0) is 0 Å². The molecule has 0 bridgehead atoms. The molecule has 0 aromatic heterocycles. The van der Waals surface area contributed by atoms with Crippen LogP contribution in [-0.4, -0.2) is 10.7 Å². The molecule has 0 unspecified atom stereocenters. The van der Waals surface area contributed by atoms with Gasteiger partial charge in [-0.1, -0.05) is 72.7 Å². The van der Waals surface area contributed by atoms with E-state index in [0.717, 1.165) is 0 Å². The lowest BCUT2D eigenvalue weighted by molar-refractivity contribution is -0.0654. The summed E-state index contributed by atoms with van der Waals surface area (Å²) in [6, 6.07) is 17.5. The minimum atomic E-state index is -0.752. The first-order valence-corrected chi connectivity index (χ1v) is 9.15. The molecule has 0 radical (unpaired) electrons. The lowest BCUT2D eigenvalue weighted by Gasteiger charge is -2.47. The van der Waals surface area contributed by atoms with E-state index in [9.17, 15) is 5.11 Å². The zero-order chi connectivity index (χ0) is 18.0. The van der Waals surface area contributed by atoms with E-state index in [2.05, 4.69) is 81.2 Å². The maximum absolute atomic E-state index is 11.4. The molecule has 2 heteroatoms. The van der Waals surface area contributed by atoms with Crippen LogP contribution in [0.4, 0.5) is 0 Å². The van der Waals surface area contributed by atoms with Crippen molar-refractivity contribution in [3.05, 3.63) is 83.4 Å². The summed E-state index contributed by atoms with van der Waals surface area (Å²) in [5.74, 6) is 0.106. The third-order valence-corrected chi connectivity index (χ3v) is 5.70. The van der Waals surface area contributed by atoms with Gasteiger partial charge in [0.05, 0.1) is 5.60 Å². The number of hydrogen-bond acceptors (Lipinski definition) is 2. The fourth-order valence-corrected chi connectivity index (χ4v) is 3.96. The smallest absolute Gasteiger partial charge is 0.0743 e. The van der Waals surface area contributed by atoms with Crippen LogP contribution in [0.2, 0.25) is 0 Å². The summed E-state index contributed by atoms with van der Waals surface area (Å²) in [5, 5.41) is 15.2. The Bertz CT molecular complexity index is 719. The van der Waals surface area contributed by atoms with Crippen molar-refractivity contribution in [2.75, 3.05) is 0 Å². The van der Waals surface area contributed by atoms with Crippen molar-refractivity contribution in [3.63, 3.8) is 0 Å². The van der Waals surface area contributed by atoms with E-state index in [0.29, 0.717) is 12.8 Å². The molecule has 0 spiro atoms. The lowest BCUT2D eigenvalue weighted by Crippen LogP contribution is -2.51. The number of hydrogen-bond donors (Lipinski definition) is 2. The Labute approximate surface area is 151 Å². The van der Waals surface area contributed by atoms with Gasteiger partial charge < -0.3 is 10.4 Å². The highest BCUT2D eigenvalue weighted by Gasteiger charge is 2.45. The van der Waals surface area contributed by atoms with Crippen molar-refractivity contribution in [1.82, 2.24) is 5.32 Å². The molecule has 1 saturated heterocycles. The largest absolute Gasteiger partial charge is 0.389 e. The predicted octanol–water partition coefficient (Wildman–Crippen LogP) is 5.02. The molecule has 0 aliphatic carbocycles. The number of nitrogens with one attached hydrogen (secondary N) is 1. The van der Waals surface area contributed by atoms with Crippen LogP contribution in [0.3, 0.4) is 0 Å². The molecule has 1 aliphatic rings. The monoisotopic (exact) mass is 335 g/mol. The van der Waals surface area contributed by atoms with Crippen LogP contribution in [0.25, 0.3) is 0 Å². The molecular weight excluding hydrogens is 306 g/mol. The fourth-order valence-electron chi connectivity index (χ4n) is 3.96. The normalized spacial score (nSPS) is 29.4. The Morgan fingerprint density at radius 1 is 1.04 bits per heavy atom. The summed E-state index contributed by atoms with van der Waals surface area (Å²) >= 11 is 0. The van der Waals surface area contributed by atoms with E-state index in [1.54, 1.807) is 0 Å². The zero-order valence-corrected chi connectivity index (χ0v) is 15.5. The van der Waals surface area contributed by atoms with Gasteiger partial charge >= 0.3 is 0 Å². The van der Waals surface area contributed by atoms with Crippen molar-refractivity contribution in [2.24, 2.45) is 5.92 Å². The minimum absolute atomic E-state index is 0.106. The van der Waals surface area contributed by atoms with Crippen LogP contribution in [0.1, 0.15) is 54.1 Å². The third-order valence-electron chi connectivity index (χ3n) is 5.70. The predicted molar refractivity (Wildman–Crippen MR) is 105 cm³/mol. The summed E-state index contributed by atoms with van der Waals surface area (Å²) in [7, 11) is 0. The Morgan fingerprint density at radius 2 is 1.56 bits per heavy atom. The van der Waals surface area contributed by atoms with Gasteiger partial charge in [-0.25, -0.2) is 0 Å². The van der Waals surface area contributed by atoms with Crippen LogP contribution >= 0.6 is 0 Å². The molecule has 4 atom stereocenters. The zero-order valence-electron chi connectivity index (χ0n) is 15.5. The van der Waals surface area contributed by atoms with Gasteiger partial charge in [0.2, 0.25) is 0 Å². The van der Waals surface area contributed by atoms with Gasteiger partial charge in [-0.3, -0.25) is 0 Å². The molecule has 0 saturated carbocycles. The van der Waals surface area contributed by atoms with Crippen molar-refractivity contribution in [1.29, 1.82) is 0 Å². The van der Waals surface area contributed by atoms with Gasteiger partial charge in [0.1, 0.15) is 0 Å². The standard InChI is InChI=1S/C23H29NO/c1-5-14-23(25)15-21(19-10-6-16(2)7-11-19)24-22(18(23)4)20-12-8-17(3)9-13-20/h5-13,18,21-22,24-25H,1,14-15H2,2-4H3/t18-,21+,22-,23+/m1/s1. The Balaban J connectivity index is 1.97. The first-order chi connectivity index (χ1) is 11.9. The average molecular weight is 335 g/mol. The molecule has 1 heterocycles. The van der Waals surface area contributed by atoms with Gasteiger partial charge in [0, 0.05) is 18.0 Å². The summed E-state index contributed by atoms with van der Waals surface area (Å²) < 4.78 is 0. The van der Waals surface area contributed by atoms with Gasteiger partial charge in [-0.2, -0.15) is 0 Å². The molecule has 25 heavy (non-hydrogen) atoms. The second-order valence-electron chi connectivity index (χ2n) is 7.61. The molecule has 132 valence electrons. The number of benzene rings is 2. The molecule has 2 N–H and O–H groups in total. The Morgan fingerprint density at radius 3 is 2.08 bits per heavy atom. The number of aliphatic hydroxyl groups is 1. The van der Waals surface area contributed by atoms with E-state index < -0.39 is 5.60 Å². The Kier molecular flexibility index (Phi) is 5.12. The van der Waals surface area contributed by atoms with Crippen molar-refractivity contribution >= 4 is 0 Å². The highest BCUT2D eigenvalue weighted by molar-refractivity contribution is 5.30. The van der Waals surface area contributed by atoms with E-state index in [4.69, 9.17) is 0 Å². The minimum Gasteiger partial charge on any atom is -0.389 e. The van der Waals surface area contributed by atoms with Crippen LogP contribution in [0, 0.1) is 19.8 Å². The quantitative estimate of drug-likeness (QED) is 0.769. The highest BCUT2D eigenvalue weighted by atomic mass is 16.3. The maximum Gasteiger partial charge on any atom is 0.0743 e. The van der Waals surface area contributed by atoms with Gasteiger partial charge in [-0.15, -0.1) is 6.58 Å². The van der Waals surface area contributed by atoms with Crippen LogP contribution < -0.4 is 5.32 Å². The number of aryl methyl sites for hydroxylation is 2. The maximum atomic E-state index is 11.4. The molecular formula is C23H29NO. The summed E-state index contributed by atoms with van der Waals surface area (Å²) in [6.07, 6.45) is 3.16. The second-order valence-corrected chi connectivity index (χ2v) is 7.61. The van der Waals surface area contributed by atoms with E-state index >= 15 is 0 Å². The highest BCUT2D eigenvalue weighted by Crippen LogP contribution is 2.44. The number of rotatable bonds is 4. The van der Waals surface area contributed by atoms with Crippen LogP contribution in [0.15, 0.2) is 61.2 Å². The SMILES string of the molecule is C=CC[C@]1(O)C[C@@H](c2ccc(C)cc2)N[C@@H](c2ccc(C)cc2)[C@H]1C. The molecule has 2 aromatic carbocycles. The van der Waals surface area contributed by atoms with Crippen LogP contribution in [0.5, 0.6) is 0 Å². The number of piperidine rings is 1. The van der Waals surface area contributed by atoms with E-state index in [-0.39, 0.29) is 18.0 Å². The first-order valence-electron chi connectivity index (χ1n) is 9.15. The molecule has 3 rings (SSSR count). The second kappa shape index (κ2) is 7.15. The molecule has 0 amide bonds. The third kappa shape index (κ3) is 3.70. The van der Waals surface area contributed by atoms with Gasteiger partial charge in [0.15, 0.2) is 0 Å². The Hall–Kier alpha value is -1.90. The van der Waals surface area contributed by atoms with Crippen molar-refractivity contribution < 1.29 is 5.11 Å². The summed E-state index contributed by atoms with van der Waals surface area (Å²) in [6.45, 7) is 10.2. The lowest BCUT2D eigenvalue weighted by atomic mass is 9.70. The van der Waals surface area contributed by atoms with E-state index in [1.807, 2.05) is 6.08 Å². The molecule has 1 fully saturated rings. The topological polar surface area (TPSA) is 32.3 Å². The molecule has 2 nitrogen and oxygen atoms in total. The average Bonchev–Trinajstić information content (AvgIpc) is 2.59. The van der Waals surface area contributed by atoms with Crippen molar-refractivity contribution in [3.8, 4) is 0 Å². The summed E-state index contributed by atoms with van der Waals surface area (Å²) in [4.78, 5) is 0. The van der Waals surface area contributed by atoms with Gasteiger partial charge in [-0.05, 0) is 37.8 Å². The molecule has 1 aliphatic heterocycles. The van der Waals surface area contributed by atoms with Crippen molar-refractivity contribution in [2.45, 2.75) is 51.3 Å². The van der Waals surface area contributed by atoms with E-state index in [1.165, 1.54) is 22.3 Å². The summed E-state index contributed by atoms with van der Waals surface area (Å²) in [5.41, 5.74) is 4.22. The van der Waals surface area contributed by atoms with Gasteiger partial charge in [0.25, 0.3) is 0 Å².